The third kappa shape index (κ3) is 2.54. The highest BCUT2D eigenvalue weighted by Crippen LogP contribution is 2.18. The Morgan fingerprint density at radius 1 is 1.15 bits per heavy atom. The quantitative estimate of drug-likeness (QED) is 0.778. The Kier molecular flexibility index (Phi) is 3.69. The molecule has 2 aliphatic rings. The molecule has 20 heavy (non-hydrogen) atoms. The minimum atomic E-state index is -0.590. The van der Waals surface area contributed by atoms with Gasteiger partial charge >= 0.3 is 0 Å². The summed E-state index contributed by atoms with van der Waals surface area (Å²) in [6.45, 7) is 1.97. The van der Waals surface area contributed by atoms with E-state index in [0.29, 0.717) is 6.54 Å². The predicted octanol–water partition coefficient (Wildman–Crippen LogP) is 0.643. The highest BCUT2D eigenvalue weighted by molar-refractivity contribution is 6.01. The summed E-state index contributed by atoms with van der Waals surface area (Å²) < 4.78 is 0. The van der Waals surface area contributed by atoms with Crippen LogP contribution in [0.3, 0.4) is 0 Å². The van der Waals surface area contributed by atoms with E-state index in [9.17, 15) is 9.59 Å². The van der Waals surface area contributed by atoms with Gasteiger partial charge in [-0.15, -0.1) is 0 Å². The molecule has 106 valence electrons. The smallest absolute Gasteiger partial charge is 0.236 e. The summed E-state index contributed by atoms with van der Waals surface area (Å²) in [4.78, 5) is 26.3. The molecule has 2 fully saturated rings. The Hall–Kier alpha value is -1.88. The van der Waals surface area contributed by atoms with Crippen LogP contribution in [0.1, 0.15) is 24.6 Å². The molecule has 0 spiro atoms. The van der Waals surface area contributed by atoms with Crippen molar-refractivity contribution in [1.29, 1.82) is 0 Å². The molecule has 0 aromatic heterocycles. The fourth-order valence-corrected chi connectivity index (χ4v) is 2.83. The lowest BCUT2D eigenvalue weighted by molar-refractivity contribution is -0.143. The number of carbonyl (C=O) groups excluding carboxylic acids is 2. The number of likely N-dealkylation sites (tertiary alicyclic amines) is 1. The van der Waals surface area contributed by atoms with Crippen LogP contribution in [-0.4, -0.2) is 36.3 Å². The molecular formula is C15H19N3O2. The maximum absolute atomic E-state index is 12.3. The minimum Gasteiger partial charge on any atom is -0.342 e. The number of hydrogen-bond donors (Lipinski definition) is 2. The van der Waals surface area contributed by atoms with Crippen LogP contribution in [0.25, 0.3) is 0 Å². The minimum absolute atomic E-state index is 0.0426. The van der Waals surface area contributed by atoms with Crippen LogP contribution in [-0.2, 0) is 9.59 Å². The van der Waals surface area contributed by atoms with Gasteiger partial charge in [0.1, 0.15) is 12.1 Å². The van der Waals surface area contributed by atoms with Gasteiger partial charge in [0.05, 0.1) is 0 Å². The Morgan fingerprint density at radius 3 is 2.50 bits per heavy atom. The summed E-state index contributed by atoms with van der Waals surface area (Å²) in [6.07, 6.45) is 1.88. The molecule has 2 amide bonds. The topological polar surface area (TPSA) is 61.4 Å². The van der Waals surface area contributed by atoms with Gasteiger partial charge in [0.2, 0.25) is 11.8 Å². The van der Waals surface area contributed by atoms with Crippen molar-refractivity contribution in [2.45, 2.75) is 19.0 Å². The SMILES string of the molecule is O=C1NC(c2ccccc2)NCC1C(=O)N1CCCC1. The molecule has 1 aromatic rings. The van der Waals surface area contributed by atoms with Crippen LogP contribution in [0.15, 0.2) is 30.3 Å². The predicted molar refractivity (Wildman–Crippen MR) is 74.6 cm³/mol. The average molecular weight is 273 g/mol. The Morgan fingerprint density at radius 2 is 1.85 bits per heavy atom. The molecule has 2 saturated heterocycles. The normalized spacial score (nSPS) is 26.4. The van der Waals surface area contributed by atoms with E-state index in [-0.39, 0.29) is 18.0 Å². The van der Waals surface area contributed by atoms with Crippen LogP contribution in [0.2, 0.25) is 0 Å². The Balaban J connectivity index is 1.65. The molecule has 5 nitrogen and oxygen atoms in total. The van der Waals surface area contributed by atoms with Crippen molar-refractivity contribution in [2.24, 2.45) is 5.92 Å². The van der Waals surface area contributed by atoms with Crippen LogP contribution in [0.4, 0.5) is 0 Å². The fourth-order valence-electron chi connectivity index (χ4n) is 2.83. The van der Waals surface area contributed by atoms with Gasteiger partial charge < -0.3 is 10.2 Å². The molecule has 2 unspecified atom stereocenters. The zero-order chi connectivity index (χ0) is 13.9. The van der Waals surface area contributed by atoms with E-state index in [0.717, 1.165) is 31.5 Å². The zero-order valence-corrected chi connectivity index (χ0v) is 11.3. The summed E-state index contributed by atoms with van der Waals surface area (Å²) in [5.74, 6) is -0.804. The maximum atomic E-state index is 12.3. The first kappa shape index (κ1) is 13.1. The second-order valence-corrected chi connectivity index (χ2v) is 5.35. The lowest BCUT2D eigenvalue weighted by atomic mass is 10.0. The lowest BCUT2D eigenvalue weighted by Crippen LogP contribution is -2.55. The zero-order valence-electron chi connectivity index (χ0n) is 11.3. The number of rotatable bonds is 2. The number of nitrogens with one attached hydrogen (secondary N) is 2. The van der Waals surface area contributed by atoms with E-state index in [1.807, 2.05) is 30.3 Å². The van der Waals surface area contributed by atoms with Crippen molar-refractivity contribution in [1.82, 2.24) is 15.5 Å². The van der Waals surface area contributed by atoms with E-state index in [4.69, 9.17) is 0 Å². The van der Waals surface area contributed by atoms with Crippen LogP contribution in [0, 0.1) is 5.92 Å². The monoisotopic (exact) mass is 273 g/mol. The van der Waals surface area contributed by atoms with Gasteiger partial charge in [-0.2, -0.15) is 0 Å². The highest BCUT2D eigenvalue weighted by Gasteiger charge is 2.36. The molecule has 0 aliphatic carbocycles. The van der Waals surface area contributed by atoms with Crippen molar-refractivity contribution in [3.05, 3.63) is 35.9 Å². The van der Waals surface area contributed by atoms with E-state index >= 15 is 0 Å². The fraction of sp³-hybridized carbons (Fsp3) is 0.467. The molecule has 2 heterocycles. The van der Waals surface area contributed by atoms with Crippen molar-refractivity contribution in [3.8, 4) is 0 Å². The van der Waals surface area contributed by atoms with E-state index in [1.54, 1.807) is 4.90 Å². The lowest BCUT2D eigenvalue weighted by Gasteiger charge is -2.32. The largest absolute Gasteiger partial charge is 0.342 e. The second kappa shape index (κ2) is 5.63. The highest BCUT2D eigenvalue weighted by atomic mass is 16.2. The molecule has 0 radical (unpaired) electrons. The number of nitrogens with zero attached hydrogens (tertiary/aromatic N) is 1. The van der Waals surface area contributed by atoms with Gasteiger partial charge in [-0.1, -0.05) is 30.3 Å². The first-order valence-electron chi connectivity index (χ1n) is 7.13. The number of hydrogen-bond acceptors (Lipinski definition) is 3. The first-order valence-corrected chi connectivity index (χ1v) is 7.13. The number of benzene rings is 1. The van der Waals surface area contributed by atoms with Crippen molar-refractivity contribution >= 4 is 11.8 Å². The van der Waals surface area contributed by atoms with Crippen molar-refractivity contribution in [3.63, 3.8) is 0 Å². The van der Waals surface area contributed by atoms with Crippen LogP contribution in [0.5, 0.6) is 0 Å². The summed E-state index contributed by atoms with van der Waals surface area (Å²) >= 11 is 0. The maximum Gasteiger partial charge on any atom is 0.236 e. The van der Waals surface area contributed by atoms with Gasteiger partial charge in [0, 0.05) is 19.6 Å². The molecule has 0 bridgehead atoms. The summed E-state index contributed by atoms with van der Waals surface area (Å²) in [7, 11) is 0. The Labute approximate surface area is 118 Å². The van der Waals surface area contributed by atoms with E-state index in [2.05, 4.69) is 10.6 Å². The molecule has 2 N–H and O–H groups in total. The van der Waals surface area contributed by atoms with Gasteiger partial charge in [0.25, 0.3) is 0 Å². The molecule has 5 heteroatoms. The number of amides is 2. The summed E-state index contributed by atoms with van der Waals surface area (Å²) in [6, 6.07) is 9.73. The van der Waals surface area contributed by atoms with Gasteiger partial charge in [-0.05, 0) is 18.4 Å². The van der Waals surface area contributed by atoms with Crippen molar-refractivity contribution < 1.29 is 9.59 Å². The number of carbonyl (C=O) groups is 2. The molecule has 2 atom stereocenters. The van der Waals surface area contributed by atoms with Gasteiger partial charge in [-0.3, -0.25) is 14.9 Å². The van der Waals surface area contributed by atoms with Gasteiger partial charge in [0.15, 0.2) is 0 Å². The Bertz CT molecular complexity index is 497. The molecule has 2 aliphatic heterocycles. The molecule has 3 rings (SSSR count). The van der Waals surface area contributed by atoms with Gasteiger partial charge in [-0.25, -0.2) is 0 Å². The third-order valence-corrected chi connectivity index (χ3v) is 3.98. The van der Waals surface area contributed by atoms with Crippen LogP contribution < -0.4 is 10.6 Å². The summed E-state index contributed by atoms with van der Waals surface area (Å²) in [5, 5.41) is 6.13. The van der Waals surface area contributed by atoms with E-state index in [1.165, 1.54) is 0 Å². The summed E-state index contributed by atoms with van der Waals surface area (Å²) in [5.41, 5.74) is 1.01. The van der Waals surface area contributed by atoms with Crippen molar-refractivity contribution in [2.75, 3.05) is 19.6 Å². The van der Waals surface area contributed by atoms with Crippen LogP contribution >= 0.6 is 0 Å². The molecule has 0 saturated carbocycles. The molecular weight excluding hydrogens is 254 g/mol. The third-order valence-electron chi connectivity index (χ3n) is 3.98. The average Bonchev–Trinajstić information content (AvgIpc) is 3.01. The second-order valence-electron chi connectivity index (χ2n) is 5.35. The standard InChI is InChI=1S/C15H19N3O2/c19-14-12(15(20)18-8-4-5-9-18)10-16-13(17-14)11-6-2-1-3-7-11/h1-3,6-7,12-13,16H,4-5,8-10H2,(H,17,19). The van der Waals surface area contributed by atoms with E-state index < -0.39 is 5.92 Å². The first-order chi connectivity index (χ1) is 9.75. The molecule has 1 aromatic carbocycles.